The predicted molar refractivity (Wildman–Crippen MR) is 83.0 cm³/mol. The molecule has 5 heteroatoms. The largest absolute Gasteiger partial charge is 0.493 e. The summed E-state index contributed by atoms with van der Waals surface area (Å²) in [5.74, 6) is 2.06. The lowest BCUT2D eigenvalue weighted by atomic mass is 9.82. The highest BCUT2D eigenvalue weighted by atomic mass is 16.5. The van der Waals surface area contributed by atoms with Crippen molar-refractivity contribution in [3.05, 3.63) is 47.5 Å². The number of rotatable bonds is 2. The molecule has 0 fully saturated rings. The summed E-state index contributed by atoms with van der Waals surface area (Å²) in [5, 5.41) is 0. The van der Waals surface area contributed by atoms with E-state index in [0.29, 0.717) is 35.2 Å². The van der Waals surface area contributed by atoms with Gasteiger partial charge in [-0.1, -0.05) is 12.1 Å². The molecule has 0 unspecified atom stereocenters. The Hall–Kier alpha value is -2.69. The Balaban J connectivity index is 1.84. The van der Waals surface area contributed by atoms with Gasteiger partial charge in [0.15, 0.2) is 17.3 Å². The van der Waals surface area contributed by atoms with E-state index in [4.69, 9.17) is 18.9 Å². The van der Waals surface area contributed by atoms with Crippen molar-refractivity contribution in [2.75, 3.05) is 20.8 Å². The topological polar surface area (TPSA) is 54.0 Å². The third-order valence-electron chi connectivity index (χ3n) is 4.34. The van der Waals surface area contributed by atoms with Crippen molar-refractivity contribution in [2.45, 2.75) is 12.0 Å². The van der Waals surface area contributed by atoms with Crippen molar-refractivity contribution >= 4 is 5.78 Å². The minimum Gasteiger partial charge on any atom is -0.493 e. The van der Waals surface area contributed by atoms with Crippen molar-refractivity contribution in [1.82, 2.24) is 0 Å². The van der Waals surface area contributed by atoms with E-state index in [9.17, 15) is 4.79 Å². The van der Waals surface area contributed by atoms with E-state index >= 15 is 0 Å². The van der Waals surface area contributed by atoms with Gasteiger partial charge in [-0.2, -0.15) is 0 Å². The van der Waals surface area contributed by atoms with Crippen LogP contribution in [-0.2, 0) is 0 Å². The number of para-hydroxylation sites is 1. The maximum absolute atomic E-state index is 13.0. The van der Waals surface area contributed by atoms with Gasteiger partial charge in [-0.05, 0) is 18.2 Å². The predicted octanol–water partition coefficient (Wildman–Crippen LogP) is 2.82. The first-order chi connectivity index (χ1) is 11.2. The molecule has 0 aliphatic carbocycles. The smallest absolute Gasteiger partial charge is 0.178 e. The average Bonchev–Trinajstić information content (AvgIpc) is 2.60. The van der Waals surface area contributed by atoms with Crippen LogP contribution in [0.5, 0.6) is 23.0 Å². The number of carbonyl (C=O) groups excluding carboxylic acids is 1. The van der Waals surface area contributed by atoms with Gasteiger partial charge < -0.3 is 18.9 Å². The van der Waals surface area contributed by atoms with Gasteiger partial charge in [-0.3, -0.25) is 4.79 Å². The molecule has 2 atom stereocenters. The third kappa shape index (κ3) is 2.04. The number of ketones is 1. The highest BCUT2D eigenvalue weighted by molar-refractivity contribution is 6.05. The molecule has 4 rings (SSSR count). The first-order valence-corrected chi connectivity index (χ1v) is 7.41. The second-order valence-corrected chi connectivity index (χ2v) is 5.55. The molecule has 118 valence electrons. The SMILES string of the molecule is COc1cc2c(cc1OC)[C@@H]1C(=O)c3ccccc3O[C@@H]1CO2. The molecule has 0 N–H and O–H groups in total. The molecule has 0 spiro atoms. The highest BCUT2D eigenvalue weighted by Crippen LogP contribution is 2.46. The fourth-order valence-corrected chi connectivity index (χ4v) is 3.23. The van der Waals surface area contributed by atoms with Crippen LogP contribution >= 0.6 is 0 Å². The number of carbonyl (C=O) groups is 1. The van der Waals surface area contributed by atoms with Gasteiger partial charge in [0.1, 0.15) is 24.2 Å². The standard InChI is InChI=1S/C18H16O5/c1-20-14-7-11-13(8-15(14)21-2)22-9-16-17(11)18(19)10-5-3-4-6-12(10)23-16/h3-8,16-17H,9H2,1-2H3/t16-,17+/m1/s1. The number of ether oxygens (including phenoxy) is 4. The Kier molecular flexibility index (Phi) is 3.15. The third-order valence-corrected chi connectivity index (χ3v) is 4.34. The van der Waals surface area contributed by atoms with E-state index in [1.54, 1.807) is 32.4 Å². The van der Waals surface area contributed by atoms with Crippen molar-refractivity contribution in [1.29, 1.82) is 0 Å². The lowest BCUT2D eigenvalue weighted by molar-refractivity contribution is 0.0559. The Morgan fingerprint density at radius 1 is 1.04 bits per heavy atom. The number of fused-ring (bicyclic) bond motifs is 4. The van der Waals surface area contributed by atoms with Crippen molar-refractivity contribution in [3.63, 3.8) is 0 Å². The van der Waals surface area contributed by atoms with Gasteiger partial charge >= 0.3 is 0 Å². The zero-order valence-corrected chi connectivity index (χ0v) is 12.9. The zero-order chi connectivity index (χ0) is 16.0. The molecule has 0 saturated heterocycles. The van der Waals surface area contributed by atoms with Gasteiger partial charge in [0.2, 0.25) is 0 Å². The number of hydrogen-bond donors (Lipinski definition) is 0. The Morgan fingerprint density at radius 3 is 2.57 bits per heavy atom. The van der Waals surface area contributed by atoms with E-state index in [1.165, 1.54) is 0 Å². The molecule has 2 aromatic carbocycles. The van der Waals surface area contributed by atoms with Crippen LogP contribution < -0.4 is 18.9 Å². The number of Topliss-reactive ketones (excluding diaryl/α,β-unsaturated/α-hetero) is 1. The average molecular weight is 312 g/mol. The van der Waals surface area contributed by atoms with Gasteiger partial charge in [0, 0.05) is 11.6 Å². The van der Waals surface area contributed by atoms with Crippen LogP contribution in [0.15, 0.2) is 36.4 Å². The van der Waals surface area contributed by atoms with E-state index < -0.39 is 5.92 Å². The summed E-state index contributed by atoms with van der Waals surface area (Å²) in [6.07, 6.45) is -0.331. The maximum atomic E-state index is 13.0. The summed E-state index contributed by atoms with van der Waals surface area (Å²) >= 11 is 0. The van der Waals surface area contributed by atoms with E-state index in [-0.39, 0.29) is 11.9 Å². The minimum atomic E-state index is -0.395. The Bertz CT molecular complexity index is 783. The van der Waals surface area contributed by atoms with Crippen LogP contribution in [0.2, 0.25) is 0 Å². The zero-order valence-electron chi connectivity index (χ0n) is 12.9. The van der Waals surface area contributed by atoms with Crippen molar-refractivity contribution < 1.29 is 23.7 Å². The van der Waals surface area contributed by atoms with Gasteiger partial charge in [0.25, 0.3) is 0 Å². The summed E-state index contributed by atoms with van der Waals surface area (Å²) in [7, 11) is 3.14. The minimum absolute atomic E-state index is 0.0496. The Morgan fingerprint density at radius 2 is 1.78 bits per heavy atom. The first-order valence-electron chi connectivity index (χ1n) is 7.41. The van der Waals surface area contributed by atoms with Crippen LogP contribution in [0.1, 0.15) is 21.8 Å². The molecule has 2 aliphatic rings. The molecule has 2 aromatic rings. The summed E-state index contributed by atoms with van der Waals surface area (Å²) in [4.78, 5) is 13.0. The molecule has 2 aliphatic heterocycles. The van der Waals surface area contributed by atoms with E-state index in [0.717, 1.165) is 5.56 Å². The summed E-state index contributed by atoms with van der Waals surface area (Å²) < 4.78 is 22.4. The fourth-order valence-electron chi connectivity index (χ4n) is 3.23. The lowest BCUT2D eigenvalue weighted by Gasteiger charge is -2.37. The fraction of sp³-hybridized carbons (Fsp3) is 0.278. The molecule has 0 saturated carbocycles. The van der Waals surface area contributed by atoms with E-state index in [1.807, 2.05) is 18.2 Å². The highest BCUT2D eigenvalue weighted by Gasteiger charge is 2.43. The van der Waals surface area contributed by atoms with Gasteiger partial charge in [0.05, 0.1) is 25.7 Å². The lowest BCUT2D eigenvalue weighted by Crippen LogP contribution is -2.42. The molecular formula is C18H16O5. The van der Waals surface area contributed by atoms with Crippen molar-refractivity contribution in [3.8, 4) is 23.0 Å². The second kappa shape index (κ2) is 5.19. The second-order valence-electron chi connectivity index (χ2n) is 5.55. The summed E-state index contributed by atoms with van der Waals surface area (Å²) in [5.41, 5.74) is 1.38. The van der Waals surface area contributed by atoms with Gasteiger partial charge in [-0.15, -0.1) is 0 Å². The number of hydrogen-bond acceptors (Lipinski definition) is 5. The quantitative estimate of drug-likeness (QED) is 0.853. The molecule has 2 heterocycles. The Labute approximate surface area is 133 Å². The van der Waals surface area contributed by atoms with Crippen molar-refractivity contribution in [2.24, 2.45) is 0 Å². The summed E-state index contributed by atoms with van der Waals surface area (Å²) in [6.45, 7) is 0.327. The molecule has 23 heavy (non-hydrogen) atoms. The monoisotopic (exact) mass is 312 g/mol. The van der Waals surface area contributed by atoms with Crippen LogP contribution in [-0.4, -0.2) is 32.7 Å². The van der Waals surface area contributed by atoms with Crippen LogP contribution in [0.3, 0.4) is 0 Å². The number of benzene rings is 2. The molecule has 0 aromatic heterocycles. The van der Waals surface area contributed by atoms with Crippen LogP contribution in [0, 0.1) is 0 Å². The summed E-state index contributed by atoms with van der Waals surface area (Å²) in [6, 6.07) is 10.9. The molecule has 0 bridgehead atoms. The molecule has 0 amide bonds. The van der Waals surface area contributed by atoms with E-state index in [2.05, 4.69) is 0 Å². The van der Waals surface area contributed by atoms with Crippen LogP contribution in [0.25, 0.3) is 0 Å². The normalized spacial score (nSPS) is 21.2. The van der Waals surface area contributed by atoms with Crippen LogP contribution in [0.4, 0.5) is 0 Å². The van der Waals surface area contributed by atoms with Gasteiger partial charge in [-0.25, -0.2) is 0 Å². The number of methoxy groups -OCH3 is 2. The first kappa shape index (κ1) is 13.9. The molecule has 0 radical (unpaired) electrons. The maximum Gasteiger partial charge on any atom is 0.178 e. The molecule has 5 nitrogen and oxygen atoms in total. The molecular weight excluding hydrogens is 296 g/mol.